The lowest BCUT2D eigenvalue weighted by Gasteiger charge is -2.45. The van der Waals surface area contributed by atoms with Gasteiger partial charge in [-0.3, -0.25) is 9.69 Å². The van der Waals surface area contributed by atoms with E-state index in [0.29, 0.717) is 25.6 Å². The van der Waals surface area contributed by atoms with E-state index >= 15 is 0 Å². The second kappa shape index (κ2) is 6.01. The topological polar surface area (TPSA) is 53.0 Å². The van der Waals surface area contributed by atoms with Crippen LogP contribution in [0.1, 0.15) is 16.8 Å². The summed E-state index contributed by atoms with van der Waals surface area (Å²) >= 11 is 0. The molecular formula is C15H17F3N2O3. The lowest BCUT2D eigenvalue weighted by Crippen LogP contribution is -2.59. The minimum atomic E-state index is -1.70. The lowest BCUT2D eigenvalue weighted by molar-refractivity contribution is -0.0899. The van der Waals surface area contributed by atoms with E-state index in [0.717, 1.165) is 13.1 Å². The van der Waals surface area contributed by atoms with Crippen LogP contribution in [0.15, 0.2) is 6.07 Å². The van der Waals surface area contributed by atoms with Gasteiger partial charge in [0.2, 0.25) is 5.82 Å². The third-order valence-electron chi connectivity index (χ3n) is 4.53. The molecule has 2 heterocycles. The number of likely N-dealkylation sites (N-methyl/N-ethyl adjacent to an activating group) is 1. The van der Waals surface area contributed by atoms with Gasteiger partial charge in [0.1, 0.15) is 0 Å². The van der Waals surface area contributed by atoms with Gasteiger partial charge in [0.25, 0.3) is 5.91 Å². The minimum Gasteiger partial charge on any atom is -0.503 e. The van der Waals surface area contributed by atoms with Crippen LogP contribution in [-0.2, 0) is 4.74 Å². The van der Waals surface area contributed by atoms with Gasteiger partial charge in [-0.15, -0.1) is 0 Å². The van der Waals surface area contributed by atoms with E-state index in [-0.39, 0.29) is 12.1 Å². The molecule has 1 N–H and O–H groups in total. The smallest absolute Gasteiger partial charge is 0.257 e. The number of aromatic hydroxyl groups is 1. The predicted molar refractivity (Wildman–Crippen MR) is 74.7 cm³/mol. The van der Waals surface area contributed by atoms with E-state index in [2.05, 4.69) is 4.90 Å². The molecule has 0 aromatic heterocycles. The zero-order valence-electron chi connectivity index (χ0n) is 12.6. The van der Waals surface area contributed by atoms with Crippen LogP contribution in [0, 0.1) is 17.5 Å². The van der Waals surface area contributed by atoms with Gasteiger partial charge in [-0.2, -0.15) is 4.39 Å². The molecule has 2 fully saturated rings. The van der Waals surface area contributed by atoms with Crippen molar-refractivity contribution in [3.05, 3.63) is 29.1 Å². The second-order valence-corrected chi connectivity index (χ2v) is 5.86. The van der Waals surface area contributed by atoms with Gasteiger partial charge < -0.3 is 14.7 Å². The predicted octanol–water partition coefficient (Wildman–Crippen LogP) is 1.35. The number of amides is 1. The molecule has 2 aliphatic rings. The molecule has 0 spiro atoms. The number of piperidine rings is 1. The summed E-state index contributed by atoms with van der Waals surface area (Å²) in [6.07, 6.45) is 0.442. The molecule has 3 rings (SSSR count). The van der Waals surface area contributed by atoms with E-state index in [1.807, 2.05) is 0 Å². The first-order valence-corrected chi connectivity index (χ1v) is 7.37. The number of halogens is 3. The van der Waals surface area contributed by atoms with Gasteiger partial charge in [-0.05, 0) is 12.5 Å². The number of phenolic OH excluding ortho intramolecular Hbond substituents is 1. The Labute approximate surface area is 131 Å². The molecule has 23 heavy (non-hydrogen) atoms. The molecule has 3 atom stereocenters. The number of phenols is 1. The van der Waals surface area contributed by atoms with Gasteiger partial charge in [0.15, 0.2) is 17.4 Å². The summed E-state index contributed by atoms with van der Waals surface area (Å²) < 4.78 is 46.1. The van der Waals surface area contributed by atoms with Crippen LogP contribution in [0.3, 0.4) is 0 Å². The van der Waals surface area contributed by atoms with E-state index in [4.69, 9.17) is 4.74 Å². The molecule has 1 aromatic rings. The maximum absolute atomic E-state index is 13.9. The van der Waals surface area contributed by atoms with Crippen molar-refractivity contribution in [1.82, 2.24) is 9.80 Å². The Balaban J connectivity index is 1.85. The van der Waals surface area contributed by atoms with Crippen LogP contribution in [0.5, 0.6) is 5.75 Å². The minimum absolute atomic E-state index is 0.201. The molecule has 5 nitrogen and oxygen atoms in total. The fourth-order valence-electron chi connectivity index (χ4n) is 3.20. The van der Waals surface area contributed by atoms with E-state index < -0.39 is 34.7 Å². The van der Waals surface area contributed by atoms with Crippen molar-refractivity contribution in [2.45, 2.75) is 18.6 Å². The standard InChI is InChI=1S/C15H17F3N2O3/c1-19(10-2-3-20-4-5-23-11(10)7-20)15(22)8-6-9(16)13(18)14(21)12(8)17/h6,10-11,21H,2-5,7H2,1H3. The number of fused-ring (bicyclic) bond motifs is 2. The highest BCUT2D eigenvalue weighted by atomic mass is 19.2. The van der Waals surface area contributed by atoms with Crippen molar-refractivity contribution in [2.24, 2.45) is 0 Å². The highest BCUT2D eigenvalue weighted by Crippen LogP contribution is 2.28. The largest absolute Gasteiger partial charge is 0.503 e. The molecule has 0 saturated carbocycles. The summed E-state index contributed by atoms with van der Waals surface area (Å²) in [7, 11) is 1.47. The Morgan fingerprint density at radius 1 is 1.35 bits per heavy atom. The van der Waals surface area contributed by atoms with Crippen molar-refractivity contribution in [3.8, 4) is 5.75 Å². The molecule has 1 aromatic carbocycles. The maximum atomic E-state index is 13.9. The molecule has 0 radical (unpaired) electrons. The van der Waals surface area contributed by atoms with Crippen LogP contribution < -0.4 is 0 Å². The molecular weight excluding hydrogens is 313 g/mol. The molecule has 0 aliphatic carbocycles. The van der Waals surface area contributed by atoms with Crippen LogP contribution >= 0.6 is 0 Å². The molecule has 2 saturated heterocycles. The first-order chi connectivity index (χ1) is 10.9. The van der Waals surface area contributed by atoms with Crippen molar-refractivity contribution in [2.75, 3.05) is 33.3 Å². The zero-order valence-corrected chi connectivity index (χ0v) is 12.6. The number of benzene rings is 1. The van der Waals surface area contributed by atoms with Crippen LogP contribution in [-0.4, -0.2) is 66.2 Å². The number of morpholine rings is 1. The van der Waals surface area contributed by atoms with E-state index in [1.165, 1.54) is 11.9 Å². The molecule has 1 amide bonds. The average Bonchev–Trinajstić information content (AvgIpc) is 2.55. The highest BCUT2D eigenvalue weighted by Gasteiger charge is 2.38. The number of carbonyl (C=O) groups is 1. The third kappa shape index (κ3) is 2.76. The van der Waals surface area contributed by atoms with E-state index in [9.17, 15) is 23.1 Å². The highest BCUT2D eigenvalue weighted by molar-refractivity contribution is 5.95. The lowest BCUT2D eigenvalue weighted by atomic mass is 9.98. The normalized spacial score (nSPS) is 26.9. The fourth-order valence-corrected chi connectivity index (χ4v) is 3.20. The molecule has 2 aliphatic heterocycles. The summed E-state index contributed by atoms with van der Waals surface area (Å²) in [5.74, 6) is -6.92. The maximum Gasteiger partial charge on any atom is 0.257 e. The van der Waals surface area contributed by atoms with E-state index in [1.54, 1.807) is 0 Å². The van der Waals surface area contributed by atoms with Crippen LogP contribution in [0.25, 0.3) is 0 Å². The average molecular weight is 330 g/mol. The van der Waals surface area contributed by atoms with Crippen molar-refractivity contribution >= 4 is 5.91 Å². The van der Waals surface area contributed by atoms with Crippen LogP contribution in [0.4, 0.5) is 13.2 Å². The summed E-state index contributed by atoms with van der Waals surface area (Å²) in [5, 5.41) is 9.26. The summed E-state index contributed by atoms with van der Waals surface area (Å²) in [6, 6.07) is 0.189. The number of hydrogen-bond acceptors (Lipinski definition) is 4. The number of hydrogen-bond donors (Lipinski definition) is 1. The molecule has 2 bridgehead atoms. The monoisotopic (exact) mass is 330 g/mol. The fraction of sp³-hybridized carbons (Fsp3) is 0.533. The van der Waals surface area contributed by atoms with Crippen molar-refractivity contribution in [1.29, 1.82) is 0 Å². The van der Waals surface area contributed by atoms with Crippen molar-refractivity contribution in [3.63, 3.8) is 0 Å². The summed E-state index contributed by atoms with van der Waals surface area (Å²) in [6.45, 7) is 2.86. The Morgan fingerprint density at radius 2 is 2.09 bits per heavy atom. The number of rotatable bonds is 2. The number of carbonyl (C=O) groups excluding carboxylic acids is 1. The first kappa shape index (κ1) is 16.1. The Bertz CT molecular complexity index is 641. The number of ether oxygens (including phenoxy) is 1. The van der Waals surface area contributed by atoms with Gasteiger partial charge in [0, 0.05) is 26.7 Å². The third-order valence-corrected chi connectivity index (χ3v) is 4.53. The molecule has 126 valence electrons. The first-order valence-electron chi connectivity index (χ1n) is 7.37. The van der Waals surface area contributed by atoms with Gasteiger partial charge in [-0.1, -0.05) is 0 Å². The van der Waals surface area contributed by atoms with Gasteiger partial charge in [-0.25, -0.2) is 8.78 Å². The van der Waals surface area contributed by atoms with Gasteiger partial charge >= 0.3 is 0 Å². The Kier molecular flexibility index (Phi) is 4.20. The number of nitrogens with zero attached hydrogens (tertiary/aromatic N) is 2. The Morgan fingerprint density at radius 3 is 2.83 bits per heavy atom. The quantitative estimate of drug-likeness (QED) is 0.832. The molecule has 8 heteroatoms. The zero-order chi connectivity index (χ0) is 16.7. The summed E-state index contributed by atoms with van der Waals surface area (Å²) in [4.78, 5) is 16.0. The Hall–Kier alpha value is -1.80. The molecule has 3 unspecified atom stereocenters. The van der Waals surface area contributed by atoms with Crippen LogP contribution in [0.2, 0.25) is 0 Å². The summed E-state index contributed by atoms with van der Waals surface area (Å²) in [5.41, 5.74) is -0.692. The van der Waals surface area contributed by atoms with Crippen molar-refractivity contribution < 1.29 is 27.8 Å². The second-order valence-electron chi connectivity index (χ2n) is 5.86. The SMILES string of the molecule is CN(C(=O)c1cc(F)c(F)c(O)c1F)C1CCN2CCOC1C2. The van der Waals surface area contributed by atoms with Gasteiger partial charge in [0.05, 0.1) is 24.3 Å².